The Morgan fingerprint density at radius 3 is 2.54 bits per heavy atom. The molecule has 0 unspecified atom stereocenters. The summed E-state index contributed by atoms with van der Waals surface area (Å²) in [4.78, 5) is 27.9. The molecule has 0 aliphatic carbocycles. The average molecular weight is 385 g/mol. The number of hydrogen-bond acceptors (Lipinski definition) is 4. The van der Waals surface area contributed by atoms with E-state index >= 15 is 0 Å². The highest BCUT2D eigenvalue weighted by atomic mass is 16.5. The third kappa shape index (κ3) is 3.01. The van der Waals surface area contributed by atoms with Crippen molar-refractivity contribution in [2.45, 2.75) is 58.3 Å². The quantitative estimate of drug-likeness (QED) is 0.672. The van der Waals surface area contributed by atoms with Crippen LogP contribution >= 0.6 is 0 Å². The molecule has 2 aromatic heterocycles. The minimum Gasteiger partial charge on any atom is -0.383 e. The second kappa shape index (κ2) is 7.43. The molecule has 8 heteroatoms. The highest BCUT2D eigenvalue weighted by molar-refractivity contribution is 5.81. The Labute approximate surface area is 163 Å². The van der Waals surface area contributed by atoms with Gasteiger partial charge in [0.05, 0.1) is 17.6 Å². The predicted octanol–water partition coefficient (Wildman–Crippen LogP) is 1.89. The topological polar surface area (TPSA) is 73.8 Å². The van der Waals surface area contributed by atoms with Crippen LogP contribution in [0.1, 0.15) is 33.1 Å². The number of amides is 1. The number of imidazole rings is 1. The Morgan fingerprint density at radius 1 is 1.18 bits per heavy atom. The molecule has 0 radical (unpaired) electrons. The number of nitrogens with zero attached hydrogens (tertiary/aromatic N) is 5. The van der Waals surface area contributed by atoms with Crippen LogP contribution in [0.15, 0.2) is 29.1 Å². The summed E-state index contributed by atoms with van der Waals surface area (Å²) >= 11 is 0. The van der Waals surface area contributed by atoms with Gasteiger partial charge in [0.2, 0.25) is 11.7 Å². The highest BCUT2D eigenvalue weighted by Crippen LogP contribution is 2.23. The van der Waals surface area contributed by atoms with E-state index in [-0.39, 0.29) is 30.2 Å². The molecule has 2 atom stereocenters. The number of ether oxygens (including phenoxy) is 1. The van der Waals surface area contributed by atoms with Crippen LogP contribution < -0.4 is 5.69 Å². The maximum absolute atomic E-state index is 13.1. The number of piperidine rings is 1. The molecule has 3 aromatic rings. The number of likely N-dealkylation sites (tertiary alicyclic amines) is 1. The van der Waals surface area contributed by atoms with E-state index in [2.05, 4.69) is 18.9 Å². The molecule has 0 spiro atoms. The molecule has 150 valence electrons. The fourth-order valence-corrected chi connectivity index (χ4v) is 4.40. The van der Waals surface area contributed by atoms with Gasteiger partial charge in [-0.15, -0.1) is 5.10 Å². The Balaban J connectivity index is 1.74. The van der Waals surface area contributed by atoms with Gasteiger partial charge >= 0.3 is 5.69 Å². The summed E-state index contributed by atoms with van der Waals surface area (Å²) in [6.07, 6.45) is 3.14. The standard InChI is InChI=1S/C20H27N5O3/c1-14-7-6-8-15(2)24(14)18(26)13-23-20(27)25-17-10-5-4-9-16(17)22(11-12-28-3)19(25)21-23/h4-5,9-10,14-15H,6-8,11-13H2,1-3H3/t14-,15-/m1/s1. The first-order valence-corrected chi connectivity index (χ1v) is 9.89. The summed E-state index contributed by atoms with van der Waals surface area (Å²) in [5, 5.41) is 4.51. The zero-order valence-corrected chi connectivity index (χ0v) is 16.7. The van der Waals surface area contributed by atoms with Crippen molar-refractivity contribution in [3.05, 3.63) is 34.7 Å². The van der Waals surface area contributed by atoms with Crippen LogP contribution in [0.4, 0.5) is 0 Å². The summed E-state index contributed by atoms with van der Waals surface area (Å²) in [6.45, 7) is 5.21. The summed E-state index contributed by atoms with van der Waals surface area (Å²) < 4.78 is 10.1. The van der Waals surface area contributed by atoms with E-state index in [1.807, 2.05) is 33.7 Å². The highest BCUT2D eigenvalue weighted by Gasteiger charge is 2.30. The van der Waals surface area contributed by atoms with Crippen molar-refractivity contribution < 1.29 is 9.53 Å². The monoisotopic (exact) mass is 385 g/mol. The van der Waals surface area contributed by atoms with Crippen molar-refractivity contribution in [3.63, 3.8) is 0 Å². The number of hydrogen-bond donors (Lipinski definition) is 0. The van der Waals surface area contributed by atoms with Gasteiger partial charge in [-0.1, -0.05) is 12.1 Å². The molecular formula is C20H27N5O3. The lowest BCUT2D eigenvalue weighted by molar-refractivity contribution is -0.138. The maximum atomic E-state index is 13.1. The van der Waals surface area contributed by atoms with Crippen LogP contribution in [0.2, 0.25) is 0 Å². The van der Waals surface area contributed by atoms with Gasteiger partial charge in [-0.2, -0.15) is 0 Å². The van der Waals surface area contributed by atoms with E-state index in [9.17, 15) is 9.59 Å². The Hall–Kier alpha value is -2.61. The fraction of sp³-hybridized carbons (Fsp3) is 0.550. The van der Waals surface area contributed by atoms with E-state index in [0.717, 1.165) is 30.3 Å². The van der Waals surface area contributed by atoms with E-state index < -0.39 is 0 Å². The molecule has 1 aromatic carbocycles. The lowest BCUT2D eigenvalue weighted by Gasteiger charge is -2.39. The van der Waals surface area contributed by atoms with Crippen molar-refractivity contribution in [2.24, 2.45) is 0 Å². The summed E-state index contributed by atoms with van der Waals surface area (Å²) in [7, 11) is 1.65. The smallest absolute Gasteiger partial charge is 0.352 e. The number of rotatable bonds is 5. The molecule has 0 N–H and O–H groups in total. The summed E-state index contributed by atoms with van der Waals surface area (Å²) in [6, 6.07) is 8.09. The molecule has 0 bridgehead atoms. The first kappa shape index (κ1) is 18.7. The molecule has 1 aliphatic heterocycles. The van der Waals surface area contributed by atoms with Crippen LogP contribution in [0.5, 0.6) is 0 Å². The molecule has 1 saturated heterocycles. The second-order valence-electron chi connectivity index (χ2n) is 7.64. The van der Waals surface area contributed by atoms with Gasteiger partial charge in [-0.3, -0.25) is 4.79 Å². The van der Waals surface area contributed by atoms with Gasteiger partial charge in [-0.25, -0.2) is 13.9 Å². The van der Waals surface area contributed by atoms with Gasteiger partial charge in [0.15, 0.2) is 0 Å². The van der Waals surface area contributed by atoms with Gasteiger partial charge in [0.1, 0.15) is 6.54 Å². The molecule has 1 fully saturated rings. The number of benzene rings is 1. The summed E-state index contributed by atoms with van der Waals surface area (Å²) in [5.74, 6) is 0.492. The predicted molar refractivity (Wildman–Crippen MR) is 106 cm³/mol. The molecule has 8 nitrogen and oxygen atoms in total. The number of carbonyl (C=O) groups excluding carboxylic acids is 1. The van der Waals surface area contributed by atoms with Crippen molar-refractivity contribution in [1.29, 1.82) is 0 Å². The van der Waals surface area contributed by atoms with Crippen LogP contribution in [-0.2, 0) is 22.6 Å². The van der Waals surface area contributed by atoms with Crippen molar-refractivity contribution in [3.8, 4) is 0 Å². The minimum absolute atomic E-state index is 0.0339. The number of carbonyl (C=O) groups is 1. The van der Waals surface area contributed by atoms with Gasteiger partial charge in [0.25, 0.3) is 0 Å². The third-order valence-electron chi connectivity index (χ3n) is 5.76. The van der Waals surface area contributed by atoms with Gasteiger partial charge in [-0.05, 0) is 45.2 Å². The molecule has 0 saturated carbocycles. The number of para-hydroxylation sites is 2. The van der Waals surface area contributed by atoms with E-state index in [1.165, 1.54) is 4.68 Å². The first-order chi connectivity index (χ1) is 13.5. The number of aromatic nitrogens is 4. The molecule has 1 amide bonds. The number of fused-ring (bicyclic) bond motifs is 3. The zero-order chi connectivity index (χ0) is 19.8. The first-order valence-electron chi connectivity index (χ1n) is 9.89. The van der Waals surface area contributed by atoms with Crippen molar-refractivity contribution in [1.82, 2.24) is 23.6 Å². The van der Waals surface area contributed by atoms with Crippen LogP contribution in [0.25, 0.3) is 16.8 Å². The molecule has 3 heterocycles. The SMILES string of the molecule is COCCn1c2ccccc2n2c(=O)n(CC(=O)N3[C@H](C)CCC[C@H]3C)nc12. The Bertz CT molecular complexity index is 1050. The van der Waals surface area contributed by atoms with Crippen LogP contribution in [0.3, 0.4) is 0 Å². The normalized spacial score (nSPS) is 20.3. The molecular weight excluding hydrogens is 358 g/mol. The maximum Gasteiger partial charge on any atom is 0.352 e. The van der Waals surface area contributed by atoms with E-state index in [0.29, 0.717) is 18.9 Å². The Kier molecular flexibility index (Phi) is 4.97. The van der Waals surface area contributed by atoms with Gasteiger partial charge in [0, 0.05) is 25.7 Å². The van der Waals surface area contributed by atoms with Crippen LogP contribution in [0, 0.1) is 0 Å². The van der Waals surface area contributed by atoms with Crippen molar-refractivity contribution >= 4 is 22.7 Å². The molecule has 1 aliphatic rings. The molecule has 28 heavy (non-hydrogen) atoms. The third-order valence-corrected chi connectivity index (χ3v) is 5.76. The fourth-order valence-electron chi connectivity index (χ4n) is 4.40. The lowest BCUT2D eigenvalue weighted by Crippen LogP contribution is -2.49. The van der Waals surface area contributed by atoms with Crippen LogP contribution in [-0.4, -0.2) is 55.4 Å². The zero-order valence-electron chi connectivity index (χ0n) is 16.7. The average Bonchev–Trinajstić information content (AvgIpc) is 3.14. The largest absolute Gasteiger partial charge is 0.383 e. The second-order valence-corrected chi connectivity index (χ2v) is 7.64. The number of methoxy groups -OCH3 is 1. The minimum atomic E-state index is -0.284. The lowest BCUT2D eigenvalue weighted by atomic mass is 9.97. The Morgan fingerprint density at radius 2 is 1.86 bits per heavy atom. The van der Waals surface area contributed by atoms with Crippen molar-refractivity contribution in [2.75, 3.05) is 13.7 Å². The summed E-state index contributed by atoms with van der Waals surface area (Å²) in [5.41, 5.74) is 1.43. The molecule has 4 rings (SSSR count). The van der Waals surface area contributed by atoms with E-state index in [4.69, 9.17) is 4.74 Å². The van der Waals surface area contributed by atoms with E-state index in [1.54, 1.807) is 11.5 Å². The van der Waals surface area contributed by atoms with Gasteiger partial charge < -0.3 is 14.2 Å².